The summed E-state index contributed by atoms with van der Waals surface area (Å²) >= 11 is 3.28. The van der Waals surface area contributed by atoms with Crippen molar-refractivity contribution in [2.45, 2.75) is 11.5 Å². The summed E-state index contributed by atoms with van der Waals surface area (Å²) in [6, 6.07) is 10.5. The Balaban J connectivity index is 1.71. The molecule has 10 heteroatoms. The molecule has 0 saturated heterocycles. The van der Waals surface area contributed by atoms with Crippen LogP contribution < -0.4 is 5.63 Å². The second-order valence-corrected chi connectivity index (χ2v) is 9.07. The molecule has 0 saturated carbocycles. The number of rotatable bonds is 6. The van der Waals surface area contributed by atoms with Crippen molar-refractivity contribution < 1.29 is 26.8 Å². The molecular weight excluding hydrogens is 469 g/mol. The van der Waals surface area contributed by atoms with E-state index in [9.17, 15) is 22.4 Å². The monoisotopic (exact) mass is 483 g/mol. The Morgan fingerprint density at radius 3 is 2.55 bits per heavy atom. The molecule has 0 aliphatic heterocycles. The van der Waals surface area contributed by atoms with Gasteiger partial charge in [0, 0.05) is 28.5 Å². The second kappa shape index (κ2) is 8.44. The lowest BCUT2D eigenvalue weighted by atomic mass is 10.1. The largest absolute Gasteiger partial charge is 0.460 e. The van der Waals surface area contributed by atoms with Crippen LogP contribution in [-0.2, 0) is 26.2 Å². The van der Waals surface area contributed by atoms with Crippen LogP contribution >= 0.6 is 15.9 Å². The van der Waals surface area contributed by atoms with Gasteiger partial charge in [-0.05, 0) is 42.5 Å². The average molecular weight is 484 g/mol. The first kappa shape index (κ1) is 21.2. The first-order valence-electron chi connectivity index (χ1n) is 8.26. The number of hydrogen-bond acceptors (Lipinski definition) is 6. The minimum absolute atomic E-state index is 0.147. The number of sulfonamides is 1. The average Bonchev–Trinajstić information content (AvgIpc) is 2.65. The molecule has 0 unspecified atom stereocenters. The van der Waals surface area contributed by atoms with E-state index in [1.807, 2.05) is 0 Å². The summed E-state index contributed by atoms with van der Waals surface area (Å²) in [5, 5.41) is 0.591. The number of nitrogens with zero attached hydrogens (tertiary/aromatic N) is 1. The Hall–Kier alpha value is -2.56. The highest BCUT2D eigenvalue weighted by Crippen LogP contribution is 2.22. The zero-order valence-electron chi connectivity index (χ0n) is 15.1. The van der Waals surface area contributed by atoms with E-state index in [-0.39, 0.29) is 11.5 Å². The third-order valence-corrected chi connectivity index (χ3v) is 6.37. The number of hydrogen-bond donors (Lipinski definition) is 0. The van der Waals surface area contributed by atoms with Crippen LogP contribution in [-0.4, -0.2) is 32.3 Å². The Morgan fingerprint density at radius 1 is 1.17 bits per heavy atom. The minimum Gasteiger partial charge on any atom is -0.460 e. The fraction of sp³-hybridized carbons (Fsp3) is 0.158. The molecule has 7 nitrogen and oxygen atoms in total. The number of likely N-dealkylation sites (N-methyl/N-ethyl adjacent to an activating group) is 1. The normalized spacial score (nSPS) is 11.7. The van der Waals surface area contributed by atoms with Crippen LogP contribution in [0.3, 0.4) is 0 Å². The number of esters is 1. The highest BCUT2D eigenvalue weighted by Gasteiger charge is 2.23. The number of fused-ring (bicyclic) bond motifs is 1. The summed E-state index contributed by atoms with van der Waals surface area (Å²) in [6.07, 6.45) is 0. The molecule has 0 aliphatic rings. The van der Waals surface area contributed by atoms with Gasteiger partial charge in [-0.25, -0.2) is 17.6 Å². The summed E-state index contributed by atoms with van der Waals surface area (Å²) in [5.74, 6) is -1.38. The van der Waals surface area contributed by atoms with Crippen LogP contribution in [0.15, 0.2) is 67.1 Å². The van der Waals surface area contributed by atoms with Crippen LogP contribution in [0.25, 0.3) is 11.0 Å². The minimum atomic E-state index is -3.98. The van der Waals surface area contributed by atoms with E-state index < -0.39 is 34.0 Å². The van der Waals surface area contributed by atoms with Crippen molar-refractivity contribution >= 4 is 42.9 Å². The number of ether oxygens (including phenoxy) is 1. The van der Waals surface area contributed by atoms with Gasteiger partial charge in [0.25, 0.3) is 0 Å². The van der Waals surface area contributed by atoms with Crippen LogP contribution in [0.5, 0.6) is 0 Å². The van der Waals surface area contributed by atoms with Crippen molar-refractivity contribution in [1.82, 2.24) is 4.31 Å². The van der Waals surface area contributed by atoms with E-state index in [0.29, 0.717) is 16.5 Å². The highest BCUT2D eigenvalue weighted by atomic mass is 79.9. The van der Waals surface area contributed by atoms with Gasteiger partial charge in [0.2, 0.25) is 10.0 Å². The lowest BCUT2D eigenvalue weighted by Gasteiger charge is -2.16. The van der Waals surface area contributed by atoms with Gasteiger partial charge in [0.05, 0.1) is 4.90 Å². The van der Waals surface area contributed by atoms with E-state index in [2.05, 4.69) is 15.9 Å². The third-order valence-electron chi connectivity index (χ3n) is 4.05. The maximum atomic E-state index is 13.0. The van der Waals surface area contributed by atoms with E-state index >= 15 is 0 Å². The molecule has 0 atom stereocenters. The first-order chi connectivity index (χ1) is 13.7. The lowest BCUT2D eigenvalue weighted by molar-refractivity contribution is -0.144. The molecule has 1 aromatic heterocycles. The van der Waals surface area contributed by atoms with Gasteiger partial charge in [-0.2, -0.15) is 4.31 Å². The van der Waals surface area contributed by atoms with Crippen LogP contribution in [0.2, 0.25) is 0 Å². The Labute approximate surface area is 173 Å². The second-order valence-electron chi connectivity index (χ2n) is 6.11. The Morgan fingerprint density at radius 2 is 1.86 bits per heavy atom. The molecule has 3 aromatic rings. The number of carbonyl (C=O) groups is 1. The molecule has 0 fully saturated rings. The van der Waals surface area contributed by atoms with Crippen molar-refractivity contribution in [3.63, 3.8) is 0 Å². The van der Waals surface area contributed by atoms with Crippen molar-refractivity contribution in [2.75, 3.05) is 13.6 Å². The quantitative estimate of drug-likeness (QED) is 0.395. The van der Waals surface area contributed by atoms with E-state index in [1.54, 1.807) is 18.2 Å². The predicted molar refractivity (Wildman–Crippen MR) is 106 cm³/mol. The summed E-state index contributed by atoms with van der Waals surface area (Å²) in [5.41, 5.74) is 0.160. The van der Waals surface area contributed by atoms with Gasteiger partial charge in [-0.15, -0.1) is 0 Å². The fourth-order valence-electron chi connectivity index (χ4n) is 2.58. The van der Waals surface area contributed by atoms with Crippen LogP contribution in [0, 0.1) is 5.82 Å². The molecule has 0 amide bonds. The standard InChI is InChI=1S/C19H15BrFNO6S/c1-22(29(25,26)15-5-3-14(21)4-6-15)10-19(24)27-11-12-8-18(23)28-17-9-13(20)2-7-16(12)17/h2-9H,10-11H2,1H3. The molecular formula is C19H15BrFNO6S. The molecule has 3 rings (SSSR count). The zero-order chi connectivity index (χ0) is 21.2. The molecule has 152 valence electrons. The van der Waals surface area contributed by atoms with E-state index in [1.165, 1.54) is 13.1 Å². The number of carbonyl (C=O) groups excluding carboxylic acids is 1. The molecule has 2 aromatic carbocycles. The van der Waals surface area contributed by atoms with Crippen molar-refractivity contribution in [2.24, 2.45) is 0 Å². The topological polar surface area (TPSA) is 93.9 Å². The van der Waals surface area contributed by atoms with E-state index in [4.69, 9.17) is 9.15 Å². The molecule has 0 aliphatic carbocycles. The van der Waals surface area contributed by atoms with Gasteiger partial charge in [-0.1, -0.05) is 15.9 Å². The SMILES string of the molecule is CN(CC(=O)OCc1cc(=O)oc2cc(Br)ccc12)S(=O)(=O)c1ccc(F)cc1. The Bertz CT molecular complexity index is 1220. The smallest absolute Gasteiger partial charge is 0.336 e. The summed E-state index contributed by atoms with van der Waals surface area (Å²) in [7, 11) is -2.77. The number of benzene rings is 2. The van der Waals surface area contributed by atoms with Gasteiger partial charge >= 0.3 is 11.6 Å². The van der Waals surface area contributed by atoms with Crippen molar-refractivity contribution in [1.29, 1.82) is 0 Å². The van der Waals surface area contributed by atoms with Gasteiger partial charge in [0.1, 0.15) is 24.6 Å². The molecule has 0 spiro atoms. The highest BCUT2D eigenvalue weighted by molar-refractivity contribution is 9.10. The summed E-state index contributed by atoms with van der Waals surface area (Å²) in [4.78, 5) is 23.7. The molecule has 29 heavy (non-hydrogen) atoms. The molecule has 1 heterocycles. The number of halogens is 2. The Kier molecular flexibility index (Phi) is 6.15. The van der Waals surface area contributed by atoms with Gasteiger partial charge in [-0.3, -0.25) is 4.79 Å². The van der Waals surface area contributed by atoms with Crippen LogP contribution in [0.1, 0.15) is 5.56 Å². The fourth-order valence-corrected chi connectivity index (χ4v) is 4.04. The molecule has 0 bridgehead atoms. The maximum Gasteiger partial charge on any atom is 0.336 e. The maximum absolute atomic E-state index is 13.0. The molecule has 0 N–H and O–H groups in total. The zero-order valence-corrected chi connectivity index (χ0v) is 17.5. The van der Waals surface area contributed by atoms with E-state index in [0.717, 1.165) is 33.0 Å². The molecule has 0 radical (unpaired) electrons. The first-order valence-corrected chi connectivity index (χ1v) is 10.5. The summed E-state index contributed by atoms with van der Waals surface area (Å²) in [6.45, 7) is -0.780. The third kappa shape index (κ3) is 4.89. The summed E-state index contributed by atoms with van der Waals surface area (Å²) < 4.78 is 49.7. The van der Waals surface area contributed by atoms with Gasteiger partial charge in [0.15, 0.2) is 0 Å². The van der Waals surface area contributed by atoms with Gasteiger partial charge < -0.3 is 9.15 Å². The van der Waals surface area contributed by atoms with Crippen molar-refractivity contribution in [3.8, 4) is 0 Å². The predicted octanol–water partition coefficient (Wildman–Crippen LogP) is 3.06. The van der Waals surface area contributed by atoms with Crippen molar-refractivity contribution in [3.05, 3.63) is 74.8 Å². The lowest BCUT2D eigenvalue weighted by Crippen LogP contribution is -2.33. The van der Waals surface area contributed by atoms with Crippen LogP contribution in [0.4, 0.5) is 4.39 Å².